The van der Waals surface area contributed by atoms with E-state index < -0.39 is 12.3 Å². The van der Waals surface area contributed by atoms with E-state index >= 15 is 0 Å². The number of fused-ring (bicyclic) bond motifs is 3. The quantitative estimate of drug-likeness (QED) is 0.111. The van der Waals surface area contributed by atoms with Crippen molar-refractivity contribution in [1.82, 2.24) is 9.97 Å². The van der Waals surface area contributed by atoms with Gasteiger partial charge in [0.1, 0.15) is 6.42 Å². The van der Waals surface area contributed by atoms with Gasteiger partial charge in [-0.15, -0.1) is 24.0 Å². The number of carbonyl (C=O) groups is 1. The number of benzene rings is 2. The smallest absolute Gasteiger partial charge is 1.00 e. The van der Waals surface area contributed by atoms with Gasteiger partial charge in [0.15, 0.2) is 0 Å². The van der Waals surface area contributed by atoms with Crippen LogP contribution in [0.25, 0.3) is 32.6 Å². The Morgan fingerprint density at radius 1 is 0.765 bits per heavy atom. The molecular weight excluding hydrogens is 817 g/mol. The second-order valence-electron chi connectivity index (χ2n) is 13.0. The number of carbonyl (C=O) groups excluding carboxylic acids is 1. The van der Waals surface area contributed by atoms with Crippen LogP contribution >= 0.6 is 61.2 Å². The van der Waals surface area contributed by atoms with Crippen molar-refractivity contribution in [2.75, 3.05) is 0 Å². The van der Waals surface area contributed by atoms with E-state index in [-0.39, 0.29) is 52.8 Å². The maximum atomic E-state index is 10.4. The Kier molecular flexibility index (Phi) is 20.2. The molecule has 0 atom stereocenters. The standard InChI is InChI=1S/C20H21NS.C14H15NS.C6H9O.4ClH.K.Ti.H/c1-13(2)14-10-11-21-18(12-14)17-8-5-7-16-15-6-3-4-9-19(15)22-20(16)17;1-10(2)11-7-8-15-13(9-11)12-5-3-4-6-14(12)16;7-6-4-2-1-3-5-6;;;;;;;/h5,7-8,10-13H,3-4,6,9H2,1-2H3;3-10,16H,1-2H3;4H,1-3,5H2;4*1H;;;/q;;+1;;;;;+1;+4;-1/p-4. The van der Waals surface area contributed by atoms with Crippen LogP contribution in [0.3, 0.4) is 0 Å². The molecule has 3 heterocycles. The fourth-order valence-corrected chi connectivity index (χ4v) is 7.58. The van der Waals surface area contributed by atoms with Crippen LogP contribution < -0.4 is 51.4 Å². The van der Waals surface area contributed by atoms with Gasteiger partial charge in [0, 0.05) is 38.0 Å². The Hall–Kier alpha value is 0.101. The van der Waals surface area contributed by atoms with Crippen molar-refractivity contribution in [1.29, 1.82) is 0 Å². The number of hydrogen-bond donors (Lipinski definition) is 1. The van der Waals surface area contributed by atoms with E-state index in [9.17, 15) is 4.79 Å². The van der Waals surface area contributed by atoms with Crippen LogP contribution in [-0.4, -0.2) is 15.8 Å². The molecule has 2 aliphatic rings. The van der Waals surface area contributed by atoms with Crippen LogP contribution in [0.15, 0.2) is 84.0 Å². The average Bonchev–Trinajstić information content (AvgIpc) is 3.48. The minimum absolute atomic E-state index is 0. The van der Waals surface area contributed by atoms with Gasteiger partial charge in [0.25, 0.3) is 0 Å². The molecule has 0 saturated heterocycles. The zero-order valence-electron chi connectivity index (χ0n) is 31.1. The summed E-state index contributed by atoms with van der Waals surface area (Å²) in [5.41, 5.74) is 8.79. The number of ketones is 1. The second kappa shape index (κ2) is 22.6. The summed E-state index contributed by atoms with van der Waals surface area (Å²) in [5, 5.41) is 1.47. The van der Waals surface area contributed by atoms with E-state index in [0.29, 0.717) is 17.6 Å². The fourth-order valence-electron chi connectivity index (χ4n) is 5.89. The zero-order chi connectivity index (χ0) is 36.3. The van der Waals surface area contributed by atoms with Gasteiger partial charge in [0.05, 0.1) is 24.2 Å². The summed E-state index contributed by atoms with van der Waals surface area (Å²) < 4.78 is 1.43. The predicted octanol–water partition coefficient (Wildman–Crippen LogP) is 11.3. The van der Waals surface area contributed by atoms with Crippen LogP contribution in [0, 0.1) is 6.42 Å². The Labute approximate surface area is 377 Å². The normalized spacial score (nSPS) is 13.7. The Bertz CT molecular complexity index is 1860. The molecule has 1 saturated carbocycles. The molecule has 0 amide bonds. The van der Waals surface area contributed by atoms with Crippen molar-refractivity contribution in [3.8, 4) is 22.5 Å². The summed E-state index contributed by atoms with van der Waals surface area (Å²) >= 11 is 3.34. The third-order valence-electron chi connectivity index (χ3n) is 8.59. The molecule has 0 spiro atoms. The van der Waals surface area contributed by atoms with E-state index in [2.05, 4.69) is 98.8 Å². The first-order chi connectivity index (χ1) is 23.8. The number of thiol groups is 1. The van der Waals surface area contributed by atoms with E-state index in [4.69, 9.17) is 37.2 Å². The van der Waals surface area contributed by atoms with Gasteiger partial charge < -0.3 is 1.43 Å². The molecule has 3 nitrogen and oxygen atoms in total. The number of aryl methyl sites for hydroxylation is 2. The maximum Gasteiger partial charge on any atom is 1.00 e. The Morgan fingerprint density at radius 2 is 1.31 bits per heavy atom. The van der Waals surface area contributed by atoms with Gasteiger partial charge in [-0.2, -0.15) is 0 Å². The molecule has 0 aliphatic heterocycles. The summed E-state index contributed by atoms with van der Waals surface area (Å²) in [6.45, 7) is 8.85. The molecule has 5 aromatic rings. The van der Waals surface area contributed by atoms with Gasteiger partial charge in [0.2, 0.25) is 0 Å². The first kappa shape index (κ1) is 45.5. The number of rotatable bonds is 4. The predicted molar refractivity (Wildman–Crippen MR) is 219 cm³/mol. The summed E-state index contributed by atoms with van der Waals surface area (Å²) in [6.07, 6.45) is 14.9. The van der Waals surface area contributed by atoms with Crippen molar-refractivity contribution >= 4 is 77.1 Å². The number of aromatic nitrogens is 2. The summed E-state index contributed by atoms with van der Waals surface area (Å²) in [6, 6.07) is 23.4. The molecule has 2 aliphatic carbocycles. The number of nitrogens with zero attached hydrogens (tertiary/aromatic N) is 2. The minimum atomic E-state index is -3.11. The first-order valence-electron chi connectivity index (χ1n) is 17.2. The molecular formula is C40H46Cl4KN2OS2Ti+. The summed E-state index contributed by atoms with van der Waals surface area (Å²) in [7, 11) is 20.1. The molecule has 51 heavy (non-hydrogen) atoms. The van der Waals surface area contributed by atoms with Gasteiger partial charge in [-0.05, 0) is 103 Å². The minimum Gasteiger partial charge on any atom is -1.00 e. The van der Waals surface area contributed by atoms with Gasteiger partial charge >= 0.3 is 107 Å². The van der Waals surface area contributed by atoms with Crippen molar-refractivity contribution < 1.29 is 70.0 Å². The number of Topliss-reactive ketones (excluding diaryl/α,β-unsaturated/α-hetero) is 1. The number of thiophene rings is 1. The topological polar surface area (TPSA) is 42.9 Å². The first-order valence-corrected chi connectivity index (χ1v) is 27.0. The molecule has 11 heteroatoms. The number of hydrogen-bond acceptors (Lipinski definition) is 5. The summed E-state index contributed by atoms with van der Waals surface area (Å²) in [4.78, 5) is 22.0. The van der Waals surface area contributed by atoms with Crippen molar-refractivity contribution in [2.24, 2.45) is 0 Å². The molecule has 0 N–H and O–H groups in total. The second-order valence-corrected chi connectivity index (χ2v) is 30.1. The fraction of sp³-hybridized carbons (Fsp3) is 0.350. The molecule has 3 aromatic heterocycles. The van der Waals surface area contributed by atoms with E-state index in [1.54, 1.807) is 16.9 Å². The molecule has 0 unspecified atom stereocenters. The Morgan fingerprint density at radius 3 is 1.84 bits per heavy atom. The van der Waals surface area contributed by atoms with Crippen molar-refractivity contribution in [3.63, 3.8) is 0 Å². The molecule has 1 fully saturated rings. The molecule has 0 radical (unpaired) electrons. The SMILES string of the molecule is CC(C)c1ccnc(-c2cccc3c4c(sc23)CCCC4)c1.CC(C)c1ccnc(-c2ccccc2S)c1.O=C1[CH+]CCCC1.[Cl][Ti]([Cl])([Cl])[Cl].[H-].[K+]. The van der Waals surface area contributed by atoms with Gasteiger partial charge in [-0.3, -0.25) is 9.97 Å². The zero-order valence-corrected chi connectivity index (χ0v) is 39.5. The van der Waals surface area contributed by atoms with Crippen LogP contribution in [0.2, 0.25) is 0 Å². The van der Waals surface area contributed by atoms with Crippen LogP contribution in [0.4, 0.5) is 0 Å². The largest absolute Gasteiger partial charge is 1.00 e. The van der Waals surface area contributed by atoms with Gasteiger partial charge in [-0.25, -0.2) is 4.79 Å². The average molecular weight is 864 g/mol. The molecule has 0 bridgehead atoms. The van der Waals surface area contributed by atoms with E-state index in [1.807, 2.05) is 41.9 Å². The van der Waals surface area contributed by atoms with Crippen molar-refractivity contribution in [3.05, 3.63) is 107 Å². The van der Waals surface area contributed by atoms with Gasteiger partial charge in [-0.1, -0.05) is 64.1 Å². The third kappa shape index (κ3) is 14.9. The third-order valence-corrected chi connectivity index (χ3v) is 10.3. The maximum absolute atomic E-state index is 10.4. The number of pyridine rings is 2. The van der Waals surface area contributed by atoms with E-state index in [0.717, 1.165) is 41.1 Å². The van der Waals surface area contributed by atoms with Crippen molar-refractivity contribution in [2.45, 2.75) is 95.8 Å². The molecule has 266 valence electrons. The molecule has 7 rings (SSSR count). The van der Waals surface area contributed by atoms with Crippen LogP contribution in [0.1, 0.15) is 101 Å². The monoisotopic (exact) mass is 861 g/mol. The number of halogens is 4. The summed E-state index contributed by atoms with van der Waals surface area (Å²) in [5.74, 6) is 1.40. The van der Waals surface area contributed by atoms with Crippen LogP contribution in [-0.2, 0) is 30.0 Å². The van der Waals surface area contributed by atoms with E-state index in [1.165, 1.54) is 58.9 Å². The van der Waals surface area contributed by atoms with Crippen LogP contribution in [0.5, 0.6) is 0 Å². The molecule has 2 aromatic carbocycles. The Balaban J connectivity index is 0.000000273.